The van der Waals surface area contributed by atoms with Crippen molar-refractivity contribution in [3.63, 3.8) is 0 Å². The van der Waals surface area contributed by atoms with E-state index in [0.29, 0.717) is 19.0 Å². The molecule has 1 heterocycles. The number of likely N-dealkylation sites (tertiary alicyclic amines) is 1. The number of hydrogen-bond donors (Lipinski definition) is 1. The van der Waals surface area contributed by atoms with Crippen molar-refractivity contribution in [3.05, 3.63) is 33.9 Å². The van der Waals surface area contributed by atoms with Gasteiger partial charge in [-0.25, -0.2) is 4.79 Å². The minimum Gasteiger partial charge on any atom is -0.475 e. The lowest BCUT2D eigenvalue weighted by Gasteiger charge is -2.32. The monoisotopic (exact) mass is 387 g/mol. The smallest absolute Gasteiger partial charge is 0.343 e. The standard InChI is InChI=1S/C17H25N3O5.ClH/c1-24-17(21)12-25-16-5-4-14(9-15(16)20(22)23)11-19-8-2-3-13(10-19)6-7-18;/h4-5,9,13H,2-3,6-8,10-12,18H2,1H3;1H. The number of ether oxygens (including phenoxy) is 2. The van der Waals surface area contributed by atoms with E-state index in [-0.39, 0.29) is 30.5 Å². The van der Waals surface area contributed by atoms with Gasteiger partial charge in [-0.15, -0.1) is 12.4 Å². The first-order chi connectivity index (χ1) is 12.0. The van der Waals surface area contributed by atoms with Gasteiger partial charge < -0.3 is 15.2 Å². The van der Waals surface area contributed by atoms with Gasteiger partial charge in [0, 0.05) is 19.2 Å². The van der Waals surface area contributed by atoms with Crippen LogP contribution in [0.1, 0.15) is 24.8 Å². The van der Waals surface area contributed by atoms with Crippen LogP contribution in [0.3, 0.4) is 0 Å². The zero-order valence-electron chi connectivity index (χ0n) is 14.9. The molecule has 1 aromatic rings. The third-order valence-corrected chi connectivity index (χ3v) is 4.38. The van der Waals surface area contributed by atoms with E-state index in [1.807, 2.05) is 0 Å². The lowest BCUT2D eigenvalue weighted by molar-refractivity contribution is -0.385. The Morgan fingerprint density at radius 1 is 1.46 bits per heavy atom. The summed E-state index contributed by atoms with van der Waals surface area (Å²) in [5.41, 5.74) is 6.36. The lowest BCUT2D eigenvalue weighted by atomic mass is 9.94. The Morgan fingerprint density at radius 3 is 2.88 bits per heavy atom. The summed E-state index contributed by atoms with van der Waals surface area (Å²) in [6, 6.07) is 4.85. The van der Waals surface area contributed by atoms with E-state index in [4.69, 9.17) is 10.5 Å². The molecule has 1 aliphatic rings. The van der Waals surface area contributed by atoms with E-state index in [2.05, 4.69) is 9.64 Å². The maximum Gasteiger partial charge on any atom is 0.343 e. The third kappa shape index (κ3) is 6.44. The van der Waals surface area contributed by atoms with E-state index < -0.39 is 10.9 Å². The van der Waals surface area contributed by atoms with Crippen LogP contribution >= 0.6 is 12.4 Å². The highest BCUT2D eigenvalue weighted by molar-refractivity contribution is 5.85. The number of nitrogens with two attached hydrogens (primary N) is 1. The van der Waals surface area contributed by atoms with E-state index in [1.165, 1.54) is 25.7 Å². The first-order valence-electron chi connectivity index (χ1n) is 8.42. The van der Waals surface area contributed by atoms with E-state index in [0.717, 1.165) is 31.5 Å². The Hall–Kier alpha value is -1.90. The van der Waals surface area contributed by atoms with Gasteiger partial charge in [0.1, 0.15) is 0 Å². The summed E-state index contributed by atoms with van der Waals surface area (Å²) in [6.45, 7) is 2.93. The van der Waals surface area contributed by atoms with Crippen LogP contribution in [0, 0.1) is 16.0 Å². The van der Waals surface area contributed by atoms with Gasteiger partial charge >= 0.3 is 11.7 Å². The molecule has 2 N–H and O–H groups in total. The molecule has 1 saturated heterocycles. The molecule has 1 aliphatic heterocycles. The molecule has 0 aromatic heterocycles. The maximum atomic E-state index is 11.3. The molecule has 0 amide bonds. The molecule has 8 nitrogen and oxygen atoms in total. The highest BCUT2D eigenvalue weighted by atomic mass is 35.5. The predicted molar refractivity (Wildman–Crippen MR) is 99.5 cm³/mol. The number of nitrogens with zero attached hydrogens (tertiary/aromatic N) is 2. The zero-order chi connectivity index (χ0) is 18.2. The molecule has 0 spiro atoms. The quantitative estimate of drug-likeness (QED) is 0.413. The highest BCUT2D eigenvalue weighted by Gasteiger charge is 2.22. The van der Waals surface area contributed by atoms with Gasteiger partial charge in [-0.05, 0) is 49.9 Å². The van der Waals surface area contributed by atoms with Crippen LogP contribution < -0.4 is 10.5 Å². The maximum absolute atomic E-state index is 11.3. The number of halogens is 1. The average Bonchev–Trinajstić information content (AvgIpc) is 2.60. The molecule has 0 radical (unpaired) electrons. The van der Waals surface area contributed by atoms with Crippen molar-refractivity contribution in [1.29, 1.82) is 0 Å². The van der Waals surface area contributed by atoms with Crippen LogP contribution in [-0.4, -0.2) is 49.1 Å². The number of benzene rings is 1. The van der Waals surface area contributed by atoms with E-state index in [1.54, 1.807) is 6.07 Å². The molecule has 1 fully saturated rings. The Bertz CT molecular complexity index is 612. The summed E-state index contributed by atoms with van der Waals surface area (Å²) in [6.07, 6.45) is 3.32. The van der Waals surface area contributed by atoms with Gasteiger partial charge in [0.15, 0.2) is 12.4 Å². The van der Waals surface area contributed by atoms with Crippen molar-refractivity contribution in [2.75, 3.05) is 33.4 Å². The fraction of sp³-hybridized carbons (Fsp3) is 0.588. The Kier molecular flexibility index (Phi) is 9.32. The Balaban J connectivity index is 0.00000338. The van der Waals surface area contributed by atoms with Crippen LogP contribution in [0.15, 0.2) is 18.2 Å². The summed E-state index contributed by atoms with van der Waals surface area (Å²) < 4.78 is 9.68. The largest absolute Gasteiger partial charge is 0.475 e. The van der Waals surface area contributed by atoms with Crippen molar-refractivity contribution in [1.82, 2.24) is 4.90 Å². The molecule has 26 heavy (non-hydrogen) atoms. The van der Waals surface area contributed by atoms with Crippen LogP contribution in [0.25, 0.3) is 0 Å². The number of nitro groups is 1. The van der Waals surface area contributed by atoms with Crippen LogP contribution in [-0.2, 0) is 16.1 Å². The molecule has 1 atom stereocenters. The Labute approximate surface area is 159 Å². The number of methoxy groups -OCH3 is 1. The summed E-state index contributed by atoms with van der Waals surface area (Å²) in [5.74, 6) is 0.0767. The molecule has 9 heteroatoms. The number of carbonyl (C=O) groups excluding carboxylic acids is 1. The minimum atomic E-state index is -0.586. The van der Waals surface area contributed by atoms with Gasteiger partial charge in [-0.3, -0.25) is 15.0 Å². The second kappa shape index (κ2) is 10.9. The molecular weight excluding hydrogens is 362 g/mol. The lowest BCUT2D eigenvalue weighted by Crippen LogP contribution is -2.35. The second-order valence-electron chi connectivity index (χ2n) is 6.24. The van der Waals surface area contributed by atoms with E-state index >= 15 is 0 Å². The average molecular weight is 388 g/mol. The summed E-state index contributed by atoms with van der Waals surface area (Å²) in [7, 11) is 1.24. The van der Waals surface area contributed by atoms with Gasteiger partial charge in [-0.2, -0.15) is 0 Å². The first-order valence-corrected chi connectivity index (χ1v) is 8.42. The summed E-state index contributed by atoms with van der Waals surface area (Å²) in [4.78, 5) is 24.3. The molecule has 146 valence electrons. The van der Waals surface area contributed by atoms with Crippen molar-refractivity contribution >= 4 is 24.1 Å². The molecular formula is C17H26ClN3O5. The second-order valence-corrected chi connectivity index (χ2v) is 6.24. The fourth-order valence-electron chi connectivity index (χ4n) is 3.15. The van der Waals surface area contributed by atoms with Gasteiger partial charge in [-0.1, -0.05) is 6.07 Å². The zero-order valence-corrected chi connectivity index (χ0v) is 15.7. The SMILES string of the molecule is COC(=O)COc1ccc(CN2CCCC(CCN)C2)cc1[N+](=O)[O-].Cl. The van der Waals surface area contributed by atoms with Crippen LogP contribution in [0.5, 0.6) is 5.75 Å². The molecule has 1 aromatic carbocycles. The summed E-state index contributed by atoms with van der Waals surface area (Å²) >= 11 is 0. The minimum absolute atomic E-state index is 0. The number of nitro benzene ring substituents is 1. The molecule has 1 unspecified atom stereocenters. The topological polar surface area (TPSA) is 108 Å². The number of carbonyl (C=O) groups is 1. The molecule has 0 bridgehead atoms. The normalized spacial score (nSPS) is 17.2. The van der Waals surface area contributed by atoms with Crippen molar-refractivity contribution in [3.8, 4) is 5.75 Å². The number of piperidine rings is 1. The van der Waals surface area contributed by atoms with Gasteiger partial charge in [0.05, 0.1) is 12.0 Å². The molecule has 0 aliphatic carbocycles. The van der Waals surface area contributed by atoms with Crippen LogP contribution in [0.2, 0.25) is 0 Å². The molecule has 2 rings (SSSR count). The third-order valence-electron chi connectivity index (χ3n) is 4.38. The number of esters is 1. The molecule has 0 saturated carbocycles. The highest BCUT2D eigenvalue weighted by Crippen LogP contribution is 2.29. The Morgan fingerprint density at radius 2 is 2.23 bits per heavy atom. The van der Waals surface area contributed by atoms with Gasteiger partial charge in [0.2, 0.25) is 0 Å². The first kappa shape index (κ1) is 22.1. The number of hydrogen-bond acceptors (Lipinski definition) is 7. The van der Waals surface area contributed by atoms with Gasteiger partial charge in [0.25, 0.3) is 0 Å². The van der Waals surface area contributed by atoms with Crippen molar-refractivity contribution < 1.29 is 19.2 Å². The number of rotatable bonds is 8. The summed E-state index contributed by atoms with van der Waals surface area (Å²) in [5, 5.41) is 11.3. The van der Waals surface area contributed by atoms with Crippen molar-refractivity contribution in [2.45, 2.75) is 25.8 Å². The van der Waals surface area contributed by atoms with Crippen molar-refractivity contribution in [2.24, 2.45) is 11.7 Å². The fourth-order valence-corrected chi connectivity index (χ4v) is 3.15. The van der Waals surface area contributed by atoms with E-state index in [9.17, 15) is 14.9 Å². The predicted octanol–water partition coefficient (Wildman–Crippen LogP) is 2.13. The van der Waals surface area contributed by atoms with Crippen LogP contribution in [0.4, 0.5) is 5.69 Å².